The molecule has 2 rings (SSSR count). The Labute approximate surface area is 122 Å². The highest BCUT2D eigenvalue weighted by Gasteiger charge is 2.39. The van der Waals surface area contributed by atoms with Crippen molar-refractivity contribution >= 4 is 0 Å². The zero-order chi connectivity index (χ0) is 14.8. The summed E-state index contributed by atoms with van der Waals surface area (Å²) in [4.78, 5) is 2.57. The van der Waals surface area contributed by atoms with Crippen LogP contribution in [-0.2, 0) is 6.54 Å². The number of likely N-dealkylation sites (tertiary alicyclic amines) is 1. The lowest BCUT2D eigenvalue weighted by atomic mass is 9.89. The molecule has 1 atom stereocenters. The molecular weight excluding hydrogens is 252 g/mol. The second-order valence-electron chi connectivity index (χ2n) is 5.98. The average Bonchev–Trinajstić information content (AvgIpc) is 3.09. The molecule has 0 spiro atoms. The third kappa shape index (κ3) is 2.56. The Hall–Kier alpha value is -1.07. The van der Waals surface area contributed by atoms with E-state index in [0.717, 1.165) is 18.0 Å². The molecule has 2 heterocycles. The molecular formula is C15H28N4O. The van der Waals surface area contributed by atoms with Crippen LogP contribution in [0.4, 0.5) is 0 Å². The number of aryl methyl sites for hydroxylation is 1. The van der Waals surface area contributed by atoms with Crippen LogP contribution in [0.2, 0.25) is 0 Å². The standard InChI is InChI=1S/C15H28N4O/c1-6-19-13(12(20-5)11-17-19)14(16-4)15(2,3)18-9-7-8-10-18/h11,14,16H,6-10H2,1-5H3. The summed E-state index contributed by atoms with van der Waals surface area (Å²) in [5.74, 6) is 0.874. The van der Waals surface area contributed by atoms with E-state index in [0.29, 0.717) is 0 Å². The fourth-order valence-electron chi connectivity index (χ4n) is 3.38. The van der Waals surface area contributed by atoms with E-state index in [-0.39, 0.29) is 11.6 Å². The molecule has 0 aromatic carbocycles. The molecule has 20 heavy (non-hydrogen) atoms. The number of hydrogen-bond donors (Lipinski definition) is 1. The number of aromatic nitrogens is 2. The third-order valence-electron chi connectivity index (χ3n) is 4.55. The van der Waals surface area contributed by atoms with Crippen LogP contribution in [0.25, 0.3) is 0 Å². The Balaban J connectivity index is 2.38. The fraction of sp³-hybridized carbons (Fsp3) is 0.800. The van der Waals surface area contributed by atoms with Gasteiger partial charge in [-0.15, -0.1) is 0 Å². The van der Waals surface area contributed by atoms with E-state index in [1.807, 2.05) is 17.9 Å². The predicted octanol–water partition coefficient (Wildman–Crippen LogP) is 2.05. The zero-order valence-electron chi connectivity index (χ0n) is 13.4. The van der Waals surface area contributed by atoms with Gasteiger partial charge in [0.05, 0.1) is 25.0 Å². The molecule has 1 N–H and O–H groups in total. The van der Waals surface area contributed by atoms with Crippen LogP contribution < -0.4 is 10.1 Å². The average molecular weight is 280 g/mol. The molecule has 0 saturated carbocycles. The highest BCUT2D eigenvalue weighted by Crippen LogP contribution is 2.37. The van der Waals surface area contributed by atoms with Crippen molar-refractivity contribution < 1.29 is 4.74 Å². The van der Waals surface area contributed by atoms with Crippen molar-refractivity contribution in [3.05, 3.63) is 11.9 Å². The Bertz CT molecular complexity index is 414. The van der Waals surface area contributed by atoms with Gasteiger partial charge in [0, 0.05) is 12.1 Å². The maximum Gasteiger partial charge on any atom is 0.161 e. The van der Waals surface area contributed by atoms with Crippen LogP contribution in [0, 0.1) is 0 Å². The van der Waals surface area contributed by atoms with Gasteiger partial charge in [0.25, 0.3) is 0 Å². The second kappa shape index (κ2) is 6.14. The quantitative estimate of drug-likeness (QED) is 0.866. The first-order chi connectivity index (χ1) is 9.56. The summed E-state index contributed by atoms with van der Waals surface area (Å²) in [5.41, 5.74) is 1.18. The molecule has 1 aromatic heterocycles. The Kier molecular flexibility index (Phi) is 4.70. The number of hydrogen-bond acceptors (Lipinski definition) is 4. The molecule has 1 fully saturated rings. The van der Waals surface area contributed by atoms with Crippen LogP contribution in [0.15, 0.2) is 6.20 Å². The van der Waals surface area contributed by atoms with Crippen LogP contribution >= 0.6 is 0 Å². The van der Waals surface area contributed by atoms with Gasteiger partial charge in [-0.05, 0) is 53.8 Å². The van der Waals surface area contributed by atoms with Crippen LogP contribution in [0.5, 0.6) is 5.75 Å². The van der Waals surface area contributed by atoms with Crippen LogP contribution in [0.1, 0.15) is 45.3 Å². The van der Waals surface area contributed by atoms with Gasteiger partial charge in [0.1, 0.15) is 0 Å². The topological polar surface area (TPSA) is 42.3 Å². The molecule has 0 aliphatic carbocycles. The van der Waals surface area contributed by atoms with Crippen molar-refractivity contribution in [1.82, 2.24) is 20.0 Å². The molecule has 5 heteroatoms. The molecule has 114 valence electrons. The van der Waals surface area contributed by atoms with E-state index in [9.17, 15) is 0 Å². The first-order valence-electron chi connectivity index (χ1n) is 7.58. The molecule has 1 aromatic rings. The fourth-order valence-corrected chi connectivity index (χ4v) is 3.38. The Morgan fingerprint density at radius 3 is 2.55 bits per heavy atom. The number of nitrogens with one attached hydrogen (secondary N) is 1. The maximum absolute atomic E-state index is 5.53. The van der Waals surface area contributed by atoms with E-state index >= 15 is 0 Å². The minimum absolute atomic E-state index is 0.0332. The van der Waals surface area contributed by atoms with Crippen LogP contribution in [-0.4, -0.2) is 47.5 Å². The van der Waals surface area contributed by atoms with Crippen LogP contribution in [0.3, 0.4) is 0 Å². The van der Waals surface area contributed by atoms with E-state index < -0.39 is 0 Å². The molecule has 1 unspecified atom stereocenters. The summed E-state index contributed by atoms with van der Waals surface area (Å²) in [6.45, 7) is 9.94. The second-order valence-corrected chi connectivity index (χ2v) is 5.98. The van der Waals surface area contributed by atoms with E-state index in [4.69, 9.17) is 4.74 Å². The SMILES string of the molecule is CCn1ncc(OC)c1C(NC)C(C)(C)N1CCCC1. The Morgan fingerprint density at radius 2 is 2.05 bits per heavy atom. The Morgan fingerprint density at radius 1 is 1.40 bits per heavy atom. The van der Waals surface area contributed by atoms with Gasteiger partial charge in [-0.1, -0.05) is 0 Å². The van der Waals surface area contributed by atoms with Gasteiger partial charge in [0.2, 0.25) is 0 Å². The van der Waals surface area contributed by atoms with Crippen molar-refractivity contribution in [2.24, 2.45) is 0 Å². The largest absolute Gasteiger partial charge is 0.493 e. The number of likely N-dealkylation sites (N-methyl/N-ethyl adjacent to an activating group) is 1. The first-order valence-corrected chi connectivity index (χ1v) is 7.58. The zero-order valence-corrected chi connectivity index (χ0v) is 13.4. The lowest BCUT2D eigenvalue weighted by Crippen LogP contribution is -2.51. The predicted molar refractivity (Wildman–Crippen MR) is 81.1 cm³/mol. The number of nitrogens with zero attached hydrogens (tertiary/aromatic N) is 3. The summed E-state index contributed by atoms with van der Waals surface area (Å²) in [6.07, 6.45) is 4.41. The van der Waals surface area contributed by atoms with Gasteiger partial charge in [-0.2, -0.15) is 5.10 Å². The highest BCUT2D eigenvalue weighted by molar-refractivity contribution is 5.31. The molecule has 1 aliphatic rings. The lowest BCUT2D eigenvalue weighted by Gasteiger charge is -2.42. The van der Waals surface area contributed by atoms with Crippen molar-refractivity contribution in [1.29, 1.82) is 0 Å². The van der Waals surface area contributed by atoms with Gasteiger partial charge in [0.15, 0.2) is 5.75 Å². The first kappa shape index (κ1) is 15.3. The van der Waals surface area contributed by atoms with E-state index in [2.05, 4.69) is 36.1 Å². The van der Waals surface area contributed by atoms with Gasteiger partial charge < -0.3 is 10.1 Å². The monoisotopic (exact) mass is 280 g/mol. The summed E-state index contributed by atoms with van der Waals surface area (Å²) >= 11 is 0. The molecule has 5 nitrogen and oxygen atoms in total. The highest BCUT2D eigenvalue weighted by atomic mass is 16.5. The lowest BCUT2D eigenvalue weighted by molar-refractivity contribution is 0.105. The molecule has 1 aliphatic heterocycles. The molecule has 0 amide bonds. The maximum atomic E-state index is 5.53. The summed E-state index contributed by atoms with van der Waals surface area (Å²) in [5, 5.41) is 7.94. The van der Waals surface area contributed by atoms with E-state index in [1.54, 1.807) is 7.11 Å². The van der Waals surface area contributed by atoms with Crippen molar-refractivity contribution in [3.8, 4) is 5.75 Å². The normalized spacial score (nSPS) is 18.4. The van der Waals surface area contributed by atoms with E-state index in [1.165, 1.54) is 25.9 Å². The smallest absolute Gasteiger partial charge is 0.161 e. The summed E-state index contributed by atoms with van der Waals surface area (Å²) < 4.78 is 7.57. The minimum atomic E-state index is 0.0332. The molecule has 0 radical (unpaired) electrons. The summed E-state index contributed by atoms with van der Waals surface area (Å²) in [6, 6.07) is 0.193. The van der Waals surface area contributed by atoms with Gasteiger partial charge in [-0.3, -0.25) is 9.58 Å². The van der Waals surface area contributed by atoms with Gasteiger partial charge >= 0.3 is 0 Å². The number of ether oxygens (including phenoxy) is 1. The molecule has 1 saturated heterocycles. The van der Waals surface area contributed by atoms with Crippen molar-refractivity contribution in [2.45, 2.75) is 51.7 Å². The third-order valence-corrected chi connectivity index (χ3v) is 4.55. The minimum Gasteiger partial charge on any atom is -0.493 e. The van der Waals surface area contributed by atoms with Crippen molar-refractivity contribution in [2.75, 3.05) is 27.2 Å². The number of rotatable bonds is 6. The summed E-state index contributed by atoms with van der Waals surface area (Å²) in [7, 11) is 3.74. The van der Waals surface area contributed by atoms with Crippen molar-refractivity contribution in [3.63, 3.8) is 0 Å². The molecule has 0 bridgehead atoms. The van der Waals surface area contributed by atoms with Gasteiger partial charge in [-0.25, -0.2) is 0 Å². The number of methoxy groups -OCH3 is 1.